The molecule has 1 saturated heterocycles. The molecule has 1 aromatic heterocycles. The highest BCUT2D eigenvalue weighted by Gasteiger charge is 2.34. The summed E-state index contributed by atoms with van der Waals surface area (Å²) < 4.78 is 5.40. The molecular weight excluding hydrogens is 330 g/mol. The minimum absolute atomic E-state index is 0.0363. The standard InChI is InChI=1S/C20H27N3O3/c1-14-18(22-15(2)21-14)16-4-6-17(7-5-16)19(25)23(3)12-20(13-24)8-10-26-11-9-20/h4-7,24H,8-13H2,1-3H3,(H,21,22). The van der Waals surface area contributed by atoms with Gasteiger partial charge in [-0.05, 0) is 38.8 Å². The van der Waals surface area contributed by atoms with Crippen LogP contribution in [0.3, 0.4) is 0 Å². The number of H-pyrrole nitrogens is 1. The van der Waals surface area contributed by atoms with Crippen molar-refractivity contribution in [2.75, 3.05) is 33.4 Å². The lowest BCUT2D eigenvalue weighted by Gasteiger charge is -2.38. The van der Waals surface area contributed by atoms with Crippen LogP contribution in [-0.4, -0.2) is 59.3 Å². The molecule has 0 radical (unpaired) electrons. The number of carbonyl (C=O) groups excluding carboxylic acids is 1. The zero-order valence-electron chi connectivity index (χ0n) is 15.7. The lowest BCUT2D eigenvalue weighted by atomic mass is 9.80. The number of benzene rings is 1. The number of aliphatic hydroxyl groups excluding tert-OH is 1. The van der Waals surface area contributed by atoms with E-state index in [0.29, 0.717) is 25.3 Å². The Morgan fingerprint density at radius 1 is 1.27 bits per heavy atom. The topological polar surface area (TPSA) is 78.5 Å². The molecule has 0 saturated carbocycles. The molecule has 1 fully saturated rings. The number of carbonyl (C=O) groups is 1. The highest BCUT2D eigenvalue weighted by molar-refractivity contribution is 5.94. The molecular formula is C20H27N3O3. The smallest absolute Gasteiger partial charge is 0.253 e. The highest BCUT2D eigenvalue weighted by atomic mass is 16.5. The third-order valence-electron chi connectivity index (χ3n) is 5.22. The molecule has 0 atom stereocenters. The summed E-state index contributed by atoms with van der Waals surface area (Å²) in [7, 11) is 1.80. The third-order valence-corrected chi connectivity index (χ3v) is 5.22. The van der Waals surface area contributed by atoms with Crippen molar-refractivity contribution in [1.82, 2.24) is 14.9 Å². The van der Waals surface area contributed by atoms with Gasteiger partial charge in [0.1, 0.15) is 5.82 Å². The van der Waals surface area contributed by atoms with Crippen LogP contribution in [0.4, 0.5) is 0 Å². The van der Waals surface area contributed by atoms with E-state index in [9.17, 15) is 9.90 Å². The Morgan fingerprint density at radius 3 is 2.46 bits per heavy atom. The summed E-state index contributed by atoms with van der Waals surface area (Å²) in [6.45, 7) is 5.80. The second-order valence-electron chi connectivity index (χ2n) is 7.30. The maximum absolute atomic E-state index is 12.8. The molecule has 1 amide bonds. The SMILES string of the molecule is Cc1nc(-c2ccc(C(=O)N(C)CC3(CO)CCOCC3)cc2)c(C)[nH]1. The predicted octanol–water partition coefficient (Wildman–Crippen LogP) is 2.55. The van der Waals surface area contributed by atoms with E-state index in [-0.39, 0.29) is 17.9 Å². The first-order valence-corrected chi connectivity index (χ1v) is 9.02. The summed E-state index contributed by atoms with van der Waals surface area (Å²) in [6, 6.07) is 7.54. The van der Waals surface area contributed by atoms with Crippen molar-refractivity contribution in [2.45, 2.75) is 26.7 Å². The molecule has 6 nitrogen and oxygen atoms in total. The van der Waals surface area contributed by atoms with Crippen LogP contribution >= 0.6 is 0 Å². The number of ether oxygens (including phenoxy) is 1. The van der Waals surface area contributed by atoms with Crippen molar-refractivity contribution in [3.63, 3.8) is 0 Å². The lowest BCUT2D eigenvalue weighted by Crippen LogP contribution is -2.44. The maximum atomic E-state index is 12.8. The fourth-order valence-electron chi connectivity index (χ4n) is 3.63. The van der Waals surface area contributed by atoms with Crippen molar-refractivity contribution in [3.05, 3.63) is 41.3 Å². The molecule has 2 heterocycles. The van der Waals surface area contributed by atoms with E-state index in [0.717, 1.165) is 35.6 Å². The Labute approximate surface area is 154 Å². The molecule has 26 heavy (non-hydrogen) atoms. The van der Waals surface area contributed by atoms with Gasteiger partial charge in [0.25, 0.3) is 5.91 Å². The van der Waals surface area contributed by atoms with E-state index in [4.69, 9.17) is 4.74 Å². The first kappa shape index (κ1) is 18.6. The van der Waals surface area contributed by atoms with Gasteiger partial charge in [0.15, 0.2) is 0 Å². The molecule has 3 rings (SSSR count). The number of amides is 1. The first-order valence-electron chi connectivity index (χ1n) is 9.02. The van der Waals surface area contributed by atoms with Gasteiger partial charge in [0.2, 0.25) is 0 Å². The number of nitrogens with zero attached hydrogens (tertiary/aromatic N) is 2. The van der Waals surface area contributed by atoms with Gasteiger partial charge in [-0.1, -0.05) is 12.1 Å². The van der Waals surface area contributed by atoms with Crippen molar-refractivity contribution in [2.24, 2.45) is 5.41 Å². The van der Waals surface area contributed by atoms with Gasteiger partial charge in [-0.15, -0.1) is 0 Å². The van der Waals surface area contributed by atoms with Crippen molar-refractivity contribution >= 4 is 5.91 Å². The van der Waals surface area contributed by atoms with Gasteiger partial charge < -0.3 is 19.7 Å². The van der Waals surface area contributed by atoms with Gasteiger partial charge in [-0.2, -0.15) is 0 Å². The van der Waals surface area contributed by atoms with Crippen molar-refractivity contribution in [1.29, 1.82) is 0 Å². The summed E-state index contributed by atoms with van der Waals surface area (Å²) >= 11 is 0. The molecule has 0 aliphatic carbocycles. The molecule has 1 aliphatic heterocycles. The Balaban J connectivity index is 1.72. The molecule has 2 N–H and O–H groups in total. The van der Waals surface area contributed by atoms with Gasteiger partial charge in [0.05, 0.1) is 12.3 Å². The average Bonchev–Trinajstić information content (AvgIpc) is 3.00. The minimum Gasteiger partial charge on any atom is -0.396 e. The number of aliphatic hydroxyl groups is 1. The van der Waals surface area contributed by atoms with Crippen LogP contribution in [0, 0.1) is 19.3 Å². The number of imidazole rings is 1. The number of nitrogens with one attached hydrogen (secondary N) is 1. The zero-order valence-corrected chi connectivity index (χ0v) is 15.7. The van der Waals surface area contributed by atoms with E-state index in [2.05, 4.69) is 9.97 Å². The third kappa shape index (κ3) is 3.81. The quantitative estimate of drug-likeness (QED) is 0.862. The first-order chi connectivity index (χ1) is 12.4. The summed E-state index contributed by atoms with van der Waals surface area (Å²) in [5.74, 6) is 0.842. The van der Waals surface area contributed by atoms with Crippen LogP contribution in [0.5, 0.6) is 0 Å². The monoisotopic (exact) mass is 357 g/mol. The minimum atomic E-state index is -0.258. The van der Waals surface area contributed by atoms with Crippen molar-refractivity contribution < 1.29 is 14.6 Å². The summed E-state index contributed by atoms with van der Waals surface area (Å²) in [4.78, 5) is 22.2. The predicted molar refractivity (Wildman–Crippen MR) is 100 cm³/mol. The average molecular weight is 357 g/mol. The molecule has 0 spiro atoms. The Morgan fingerprint density at radius 2 is 1.92 bits per heavy atom. The van der Waals surface area contributed by atoms with Crippen LogP contribution in [0.15, 0.2) is 24.3 Å². The molecule has 0 unspecified atom stereocenters. The molecule has 6 heteroatoms. The summed E-state index contributed by atoms with van der Waals surface area (Å²) in [5, 5.41) is 9.83. The zero-order chi connectivity index (χ0) is 18.7. The number of aryl methyl sites for hydroxylation is 2. The Bertz CT molecular complexity index is 761. The number of aromatic nitrogens is 2. The van der Waals surface area contributed by atoms with Gasteiger partial charge >= 0.3 is 0 Å². The highest BCUT2D eigenvalue weighted by Crippen LogP contribution is 2.31. The van der Waals surface area contributed by atoms with Crippen LogP contribution < -0.4 is 0 Å². The molecule has 140 valence electrons. The van der Waals surface area contributed by atoms with Crippen LogP contribution in [0.25, 0.3) is 11.3 Å². The largest absolute Gasteiger partial charge is 0.396 e. The number of aromatic amines is 1. The fraction of sp³-hybridized carbons (Fsp3) is 0.500. The number of hydrogen-bond donors (Lipinski definition) is 2. The van der Waals surface area contributed by atoms with Crippen LogP contribution in [0.1, 0.15) is 34.7 Å². The summed E-state index contributed by atoms with van der Waals surface area (Å²) in [6.07, 6.45) is 1.55. The lowest BCUT2D eigenvalue weighted by molar-refractivity contribution is -0.0282. The Kier molecular flexibility index (Phi) is 5.44. The van der Waals surface area contributed by atoms with Crippen LogP contribution in [-0.2, 0) is 4.74 Å². The number of rotatable bonds is 5. The molecule has 1 aliphatic rings. The van der Waals surface area contributed by atoms with E-state index in [1.54, 1.807) is 11.9 Å². The summed E-state index contributed by atoms with van der Waals surface area (Å²) in [5.41, 5.74) is 3.30. The van der Waals surface area contributed by atoms with E-state index >= 15 is 0 Å². The fourth-order valence-corrected chi connectivity index (χ4v) is 3.63. The molecule has 2 aromatic rings. The van der Waals surface area contributed by atoms with E-state index in [1.165, 1.54) is 0 Å². The van der Waals surface area contributed by atoms with E-state index in [1.807, 2.05) is 38.1 Å². The Hall–Kier alpha value is -2.18. The van der Waals surface area contributed by atoms with Gasteiger partial charge in [-0.3, -0.25) is 4.79 Å². The van der Waals surface area contributed by atoms with Crippen molar-refractivity contribution in [3.8, 4) is 11.3 Å². The molecule has 0 bridgehead atoms. The van der Waals surface area contributed by atoms with Gasteiger partial charge in [0, 0.05) is 49.0 Å². The molecule has 1 aromatic carbocycles. The van der Waals surface area contributed by atoms with Gasteiger partial charge in [-0.25, -0.2) is 4.98 Å². The normalized spacial score (nSPS) is 16.5. The number of hydrogen-bond acceptors (Lipinski definition) is 4. The second-order valence-corrected chi connectivity index (χ2v) is 7.30. The van der Waals surface area contributed by atoms with Crippen LogP contribution in [0.2, 0.25) is 0 Å². The maximum Gasteiger partial charge on any atom is 0.253 e. The second kappa shape index (κ2) is 7.60. The van der Waals surface area contributed by atoms with E-state index < -0.39 is 0 Å².